The molecule has 0 unspecified atom stereocenters. The number of aromatic nitrogens is 2. The van der Waals surface area contributed by atoms with Gasteiger partial charge in [-0.3, -0.25) is 14.5 Å². The third kappa shape index (κ3) is 5.32. The molecule has 0 saturated heterocycles. The molecule has 8 heteroatoms. The second-order valence-corrected chi connectivity index (χ2v) is 8.76. The Morgan fingerprint density at radius 2 is 1.81 bits per heavy atom. The van der Waals surface area contributed by atoms with Crippen molar-refractivity contribution in [1.82, 2.24) is 14.9 Å². The van der Waals surface area contributed by atoms with Gasteiger partial charge >= 0.3 is 0 Å². The van der Waals surface area contributed by atoms with Crippen LogP contribution in [0.2, 0.25) is 0 Å². The lowest BCUT2D eigenvalue weighted by Gasteiger charge is -2.33. The van der Waals surface area contributed by atoms with Crippen molar-refractivity contribution in [3.8, 4) is 0 Å². The normalized spacial score (nSPS) is 12.3. The summed E-state index contributed by atoms with van der Waals surface area (Å²) in [4.78, 5) is 28.2. The van der Waals surface area contributed by atoms with Gasteiger partial charge in [-0.1, -0.05) is 41.7 Å². The second kappa shape index (κ2) is 9.34. The average molecular weight is 441 g/mol. The molecule has 1 atom stereocenters. The molecule has 0 aliphatic rings. The SMILES string of the molecule is CCc1ccc(N(C(=O)c2csnn2)[C@H](C(=O)NC(C)(C)C)c2ccccc2F)cc1. The Hall–Kier alpha value is -3.13. The van der Waals surface area contributed by atoms with Crippen molar-refractivity contribution in [3.63, 3.8) is 0 Å². The smallest absolute Gasteiger partial charge is 0.280 e. The summed E-state index contributed by atoms with van der Waals surface area (Å²) in [5.74, 6) is -1.60. The van der Waals surface area contributed by atoms with Gasteiger partial charge in [0.15, 0.2) is 5.69 Å². The molecule has 0 aliphatic heterocycles. The van der Waals surface area contributed by atoms with E-state index in [-0.39, 0.29) is 11.3 Å². The highest BCUT2D eigenvalue weighted by molar-refractivity contribution is 7.03. The second-order valence-electron chi connectivity index (χ2n) is 8.15. The van der Waals surface area contributed by atoms with E-state index < -0.39 is 29.2 Å². The zero-order chi connectivity index (χ0) is 22.6. The van der Waals surface area contributed by atoms with Crippen molar-refractivity contribution in [2.75, 3.05) is 4.90 Å². The summed E-state index contributed by atoms with van der Waals surface area (Å²) in [5.41, 5.74) is 1.15. The molecule has 2 amide bonds. The number of nitrogens with one attached hydrogen (secondary N) is 1. The lowest BCUT2D eigenvalue weighted by molar-refractivity contribution is -0.124. The minimum atomic E-state index is -1.23. The maximum atomic E-state index is 14.9. The molecular formula is C23H25FN4O2S. The van der Waals surface area contributed by atoms with Gasteiger partial charge in [0.25, 0.3) is 5.91 Å². The molecule has 31 heavy (non-hydrogen) atoms. The van der Waals surface area contributed by atoms with Crippen molar-refractivity contribution in [3.05, 3.63) is 76.5 Å². The summed E-state index contributed by atoms with van der Waals surface area (Å²) >= 11 is 1.03. The van der Waals surface area contributed by atoms with Gasteiger partial charge in [-0.2, -0.15) is 0 Å². The third-order valence-electron chi connectivity index (χ3n) is 4.63. The van der Waals surface area contributed by atoms with Crippen molar-refractivity contribution in [2.45, 2.75) is 45.7 Å². The first kappa shape index (κ1) is 22.6. The van der Waals surface area contributed by atoms with Gasteiger partial charge in [0.2, 0.25) is 5.91 Å². The van der Waals surface area contributed by atoms with Gasteiger partial charge in [-0.05, 0) is 62.5 Å². The molecule has 1 heterocycles. The Morgan fingerprint density at radius 3 is 2.35 bits per heavy atom. The van der Waals surface area contributed by atoms with E-state index in [9.17, 15) is 14.0 Å². The van der Waals surface area contributed by atoms with Crippen LogP contribution in [0.15, 0.2) is 53.9 Å². The first-order chi connectivity index (χ1) is 14.7. The molecule has 0 radical (unpaired) electrons. The monoisotopic (exact) mass is 440 g/mol. The first-order valence-electron chi connectivity index (χ1n) is 9.97. The molecule has 6 nitrogen and oxygen atoms in total. The molecular weight excluding hydrogens is 415 g/mol. The number of halogens is 1. The van der Waals surface area contributed by atoms with E-state index in [0.717, 1.165) is 23.5 Å². The number of hydrogen-bond donors (Lipinski definition) is 1. The molecule has 0 saturated carbocycles. The van der Waals surface area contributed by atoms with E-state index in [0.29, 0.717) is 5.69 Å². The summed E-state index contributed by atoms with van der Waals surface area (Å²) in [7, 11) is 0. The lowest BCUT2D eigenvalue weighted by atomic mass is 9.99. The van der Waals surface area contributed by atoms with Crippen molar-refractivity contribution in [1.29, 1.82) is 0 Å². The Kier molecular flexibility index (Phi) is 6.80. The molecule has 0 bridgehead atoms. The van der Waals surface area contributed by atoms with Crippen LogP contribution in [0.5, 0.6) is 0 Å². The van der Waals surface area contributed by atoms with E-state index in [1.807, 2.05) is 39.8 Å². The van der Waals surface area contributed by atoms with Crippen LogP contribution in [-0.4, -0.2) is 26.9 Å². The largest absolute Gasteiger partial charge is 0.349 e. The molecule has 1 aromatic heterocycles. The van der Waals surface area contributed by atoms with Gasteiger partial charge in [-0.25, -0.2) is 4.39 Å². The number of benzene rings is 2. The number of amides is 2. The van der Waals surface area contributed by atoms with E-state index in [1.165, 1.54) is 22.4 Å². The first-order valence-corrected chi connectivity index (χ1v) is 10.8. The summed E-state index contributed by atoms with van der Waals surface area (Å²) in [6.07, 6.45) is 0.825. The summed E-state index contributed by atoms with van der Waals surface area (Å²) in [6.45, 7) is 7.51. The zero-order valence-electron chi connectivity index (χ0n) is 17.9. The molecule has 1 N–H and O–H groups in total. The molecule has 3 aromatic rings. The van der Waals surface area contributed by atoms with Gasteiger partial charge in [0, 0.05) is 22.2 Å². The van der Waals surface area contributed by atoms with Crippen LogP contribution in [0.4, 0.5) is 10.1 Å². The summed E-state index contributed by atoms with van der Waals surface area (Å²) in [6, 6.07) is 12.0. The Morgan fingerprint density at radius 1 is 1.13 bits per heavy atom. The standard InChI is InChI=1S/C23H25FN4O2S/c1-5-15-10-12-16(13-11-15)28(22(30)19-14-31-27-26-19)20(21(29)25-23(2,3)4)17-8-6-7-9-18(17)24/h6-14,20H,5H2,1-4H3,(H,25,29)/t20-/m0/s1. The van der Waals surface area contributed by atoms with Crippen LogP contribution in [-0.2, 0) is 11.2 Å². The molecule has 162 valence electrons. The number of carbonyl (C=O) groups is 2. The fourth-order valence-corrected chi connectivity index (χ4v) is 3.62. The van der Waals surface area contributed by atoms with Crippen LogP contribution < -0.4 is 10.2 Å². The highest BCUT2D eigenvalue weighted by Gasteiger charge is 2.37. The fraction of sp³-hybridized carbons (Fsp3) is 0.304. The number of anilines is 1. The lowest BCUT2D eigenvalue weighted by Crippen LogP contribution is -2.49. The number of hydrogen-bond acceptors (Lipinski definition) is 5. The van der Waals surface area contributed by atoms with E-state index in [4.69, 9.17) is 0 Å². The maximum absolute atomic E-state index is 14.9. The quantitative estimate of drug-likeness (QED) is 0.611. The number of rotatable bonds is 6. The Labute approximate surface area is 185 Å². The maximum Gasteiger partial charge on any atom is 0.280 e. The van der Waals surface area contributed by atoms with Crippen LogP contribution in [0.25, 0.3) is 0 Å². The molecule has 3 rings (SSSR count). The Balaban J connectivity index is 2.19. The average Bonchev–Trinajstić information content (AvgIpc) is 3.26. The minimum absolute atomic E-state index is 0.0921. The van der Waals surface area contributed by atoms with Gasteiger partial charge in [0.1, 0.15) is 11.9 Å². The highest BCUT2D eigenvalue weighted by Crippen LogP contribution is 2.32. The predicted molar refractivity (Wildman–Crippen MR) is 120 cm³/mol. The number of carbonyl (C=O) groups excluding carboxylic acids is 2. The number of aryl methyl sites for hydroxylation is 1. The minimum Gasteiger partial charge on any atom is -0.349 e. The molecule has 0 spiro atoms. The third-order valence-corrected chi connectivity index (χ3v) is 5.13. The molecule has 2 aromatic carbocycles. The van der Waals surface area contributed by atoms with Crippen LogP contribution in [0, 0.1) is 5.82 Å². The van der Waals surface area contributed by atoms with Gasteiger partial charge < -0.3 is 5.32 Å². The van der Waals surface area contributed by atoms with Crippen molar-refractivity contribution in [2.24, 2.45) is 0 Å². The summed E-state index contributed by atoms with van der Waals surface area (Å²) in [5, 5.41) is 8.28. The fourth-order valence-electron chi connectivity index (χ4n) is 3.19. The number of nitrogens with zero attached hydrogens (tertiary/aromatic N) is 3. The van der Waals surface area contributed by atoms with Crippen molar-refractivity contribution >= 4 is 29.0 Å². The van der Waals surface area contributed by atoms with Crippen LogP contribution in [0.1, 0.15) is 55.4 Å². The van der Waals surface area contributed by atoms with Gasteiger partial charge in [-0.15, -0.1) is 5.10 Å². The van der Waals surface area contributed by atoms with Gasteiger partial charge in [0.05, 0.1) is 0 Å². The Bertz CT molecular complexity index is 1050. The van der Waals surface area contributed by atoms with Crippen LogP contribution in [0.3, 0.4) is 0 Å². The van der Waals surface area contributed by atoms with Crippen LogP contribution >= 0.6 is 11.5 Å². The topological polar surface area (TPSA) is 75.2 Å². The van der Waals surface area contributed by atoms with E-state index >= 15 is 0 Å². The van der Waals surface area contributed by atoms with E-state index in [2.05, 4.69) is 14.9 Å². The van der Waals surface area contributed by atoms with Crippen molar-refractivity contribution < 1.29 is 14.0 Å². The van der Waals surface area contributed by atoms with E-state index in [1.54, 1.807) is 24.3 Å². The zero-order valence-corrected chi connectivity index (χ0v) is 18.7. The predicted octanol–water partition coefficient (Wildman–Crippen LogP) is 4.54. The molecule has 0 fully saturated rings. The molecule has 0 aliphatic carbocycles. The summed E-state index contributed by atoms with van der Waals surface area (Å²) < 4.78 is 18.7. The highest BCUT2D eigenvalue weighted by atomic mass is 32.1.